The molecule has 5 aliphatic rings. The molecule has 3 saturated carbocycles. The van der Waals surface area contributed by atoms with Crippen molar-refractivity contribution in [1.82, 2.24) is 0 Å². The van der Waals surface area contributed by atoms with Crippen molar-refractivity contribution < 1.29 is 48.0 Å². The number of carbonyl (C=O) groups excluding carboxylic acids is 4. The van der Waals surface area contributed by atoms with Gasteiger partial charge in [0, 0.05) is 42.1 Å². The number of carbonyl (C=O) groups is 4. The van der Waals surface area contributed by atoms with E-state index in [1.807, 2.05) is 13.8 Å². The first-order chi connectivity index (χ1) is 17.3. The van der Waals surface area contributed by atoms with E-state index in [1.54, 1.807) is 20.8 Å². The zero-order valence-corrected chi connectivity index (χ0v) is 22.1. The third kappa shape index (κ3) is 3.61. The third-order valence-electron chi connectivity index (χ3n) is 9.44. The number of ether oxygens (including phenoxy) is 5. The zero-order chi connectivity index (χ0) is 27.0. The minimum absolute atomic E-state index is 0.116. The topological polar surface area (TPSA) is 135 Å². The highest BCUT2D eigenvalue weighted by Gasteiger charge is 2.82. The van der Waals surface area contributed by atoms with Gasteiger partial charge in [-0.05, 0) is 39.5 Å². The Morgan fingerprint density at radius 1 is 1.16 bits per heavy atom. The zero-order valence-electron chi connectivity index (χ0n) is 22.1. The second kappa shape index (κ2) is 8.71. The van der Waals surface area contributed by atoms with E-state index in [9.17, 15) is 24.3 Å². The van der Waals surface area contributed by atoms with Crippen molar-refractivity contribution in [2.24, 2.45) is 40.4 Å². The summed E-state index contributed by atoms with van der Waals surface area (Å²) in [6.07, 6.45) is -1.51. The molecule has 4 fully saturated rings. The monoisotopic (exact) mass is 520 g/mol. The molecule has 3 bridgehead atoms. The highest BCUT2D eigenvalue weighted by molar-refractivity contribution is 5.82. The molecule has 3 aliphatic carbocycles. The summed E-state index contributed by atoms with van der Waals surface area (Å²) in [5.41, 5.74) is -1.07. The fraction of sp³-hybridized carbons (Fsp3) is 0.778. The molecule has 2 heterocycles. The summed E-state index contributed by atoms with van der Waals surface area (Å²) in [6, 6.07) is 0. The fourth-order valence-corrected chi connectivity index (χ4v) is 7.80. The molecule has 2 aliphatic heterocycles. The molecule has 0 aromatic rings. The van der Waals surface area contributed by atoms with Crippen molar-refractivity contribution in [1.29, 1.82) is 0 Å². The molecule has 1 N–H and O–H groups in total. The molecule has 0 aromatic heterocycles. The van der Waals surface area contributed by atoms with Crippen molar-refractivity contribution >= 4 is 23.9 Å². The van der Waals surface area contributed by atoms with E-state index in [1.165, 1.54) is 13.2 Å². The van der Waals surface area contributed by atoms with E-state index in [4.69, 9.17) is 23.7 Å². The van der Waals surface area contributed by atoms with Crippen LogP contribution in [0, 0.1) is 40.4 Å². The standard InChI is InChI=1S/C27H36O10/c1-11(2)7-19(30)35-20-16-9-27-15-8-18(29)22(27)26(16,6)25(32)36-21(20)17(27)10-33-24(15)37-23(31)12(3)13(4)34-14(5)28/h10-13,15-16,18,20-22,24,29H,7-9H2,1-6H3/t12?,13?,15-,16-,18+,20-,21+,22-,24-,26+,27-/m0/s1. The molecule has 10 nitrogen and oxygen atoms in total. The minimum atomic E-state index is -1.06. The molecular weight excluding hydrogens is 484 g/mol. The average Bonchev–Trinajstić information content (AvgIpc) is 3.20. The van der Waals surface area contributed by atoms with Gasteiger partial charge in [-0.3, -0.25) is 19.2 Å². The maximum absolute atomic E-state index is 13.4. The van der Waals surface area contributed by atoms with Gasteiger partial charge in [0.2, 0.25) is 6.29 Å². The maximum Gasteiger partial charge on any atom is 0.315 e. The fourth-order valence-electron chi connectivity index (χ4n) is 7.80. The molecule has 10 heteroatoms. The Hall–Kier alpha value is -2.62. The molecule has 204 valence electrons. The van der Waals surface area contributed by atoms with E-state index in [0.29, 0.717) is 12.0 Å². The molecule has 1 saturated heterocycles. The van der Waals surface area contributed by atoms with Gasteiger partial charge >= 0.3 is 23.9 Å². The number of aliphatic hydroxyl groups is 1. The van der Waals surface area contributed by atoms with Crippen molar-refractivity contribution in [2.75, 3.05) is 0 Å². The quantitative estimate of drug-likeness (QED) is 0.393. The van der Waals surface area contributed by atoms with E-state index in [0.717, 1.165) is 0 Å². The molecular formula is C27H36O10. The Morgan fingerprint density at radius 3 is 2.51 bits per heavy atom. The first-order valence-corrected chi connectivity index (χ1v) is 13.1. The van der Waals surface area contributed by atoms with Crippen molar-refractivity contribution in [3.63, 3.8) is 0 Å². The molecule has 5 rings (SSSR count). The van der Waals surface area contributed by atoms with Crippen LogP contribution < -0.4 is 0 Å². The Balaban J connectivity index is 1.46. The van der Waals surface area contributed by atoms with E-state index >= 15 is 0 Å². The van der Waals surface area contributed by atoms with Crippen LogP contribution in [-0.4, -0.2) is 59.7 Å². The first-order valence-electron chi connectivity index (χ1n) is 13.1. The highest BCUT2D eigenvalue weighted by Crippen LogP contribution is 2.77. The van der Waals surface area contributed by atoms with Gasteiger partial charge in [0.05, 0.1) is 23.7 Å². The smallest absolute Gasteiger partial charge is 0.315 e. The van der Waals surface area contributed by atoms with Crippen LogP contribution in [0.25, 0.3) is 0 Å². The molecule has 1 spiro atoms. The van der Waals surface area contributed by atoms with Crippen LogP contribution in [0.5, 0.6) is 0 Å². The van der Waals surface area contributed by atoms with Gasteiger partial charge < -0.3 is 28.8 Å². The lowest BCUT2D eigenvalue weighted by Crippen LogP contribution is -2.58. The lowest BCUT2D eigenvalue weighted by Gasteiger charge is -2.51. The largest absolute Gasteiger partial charge is 0.462 e. The van der Waals surface area contributed by atoms with E-state index in [2.05, 4.69) is 0 Å². The van der Waals surface area contributed by atoms with Gasteiger partial charge in [-0.15, -0.1) is 0 Å². The summed E-state index contributed by atoms with van der Waals surface area (Å²) in [6.45, 7) is 10.2. The molecule has 2 unspecified atom stereocenters. The van der Waals surface area contributed by atoms with Gasteiger partial charge in [0.25, 0.3) is 0 Å². The molecule has 37 heavy (non-hydrogen) atoms. The Bertz CT molecular complexity index is 1050. The van der Waals surface area contributed by atoms with E-state index < -0.39 is 77.2 Å². The summed E-state index contributed by atoms with van der Waals surface area (Å²) in [5, 5.41) is 11.3. The minimum Gasteiger partial charge on any atom is -0.462 e. The van der Waals surface area contributed by atoms with Crippen LogP contribution in [0.2, 0.25) is 0 Å². The van der Waals surface area contributed by atoms with Gasteiger partial charge in [-0.2, -0.15) is 0 Å². The summed E-state index contributed by atoms with van der Waals surface area (Å²) >= 11 is 0. The summed E-state index contributed by atoms with van der Waals surface area (Å²) < 4.78 is 28.7. The number of esters is 4. The van der Waals surface area contributed by atoms with Crippen molar-refractivity contribution in [2.45, 2.75) is 91.5 Å². The summed E-state index contributed by atoms with van der Waals surface area (Å²) in [5.74, 6) is -3.71. The van der Waals surface area contributed by atoms with Gasteiger partial charge in [-0.1, -0.05) is 13.8 Å². The highest BCUT2D eigenvalue weighted by atomic mass is 16.7. The number of fused-ring (bicyclic) bond motifs is 3. The Kier molecular flexibility index (Phi) is 6.12. The van der Waals surface area contributed by atoms with Crippen LogP contribution in [-0.2, 0) is 42.9 Å². The lowest BCUT2D eigenvalue weighted by molar-refractivity contribution is -0.214. The summed E-state index contributed by atoms with van der Waals surface area (Å²) in [4.78, 5) is 50.3. The van der Waals surface area contributed by atoms with Gasteiger partial charge in [-0.25, -0.2) is 0 Å². The average molecular weight is 521 g/mol. The van der Waals surface area contributed by atoms with Crippen LogP contribution >= 0.6 is 0 Å². The number of hydrogen-bond donors (Lipinski definition) is 1. The van der Waals surface area contributed by atoms with Gasteiger partial charge in [0.15, 0.2) is 6.10 Å². The number of hydrogen-bond acceptors (Lipinski definition) is 10. The third-order valence-corrected chi connectivity index (χ3v) is 9.44. The first kappa shape index (κ1) is 26.0. The van der Waals surface area contributed by atoms with Crippen LogP contribution in [0.4, 0.5) is 0 Å². The van der Waals surface area contributed by atoms with Gasteiger partial charge in [0.1, 0.15) is 12.2 Å². The second-order valence-electron chi connectivity index (χ2n) is 12.0. The predicted molar refractivity (Wildman–Crippen MR) is 125 cm³/mol. The number of aliphatic hydroxyl groups excluding tert-OH is 1. The Morgan fingerprint density at radius 2 is 1.86 bits per heavy atom. The normalized spacial score (nSPS) is 42.2. The molecule has 11 atom stereocenters. The molecule has 0 aromatic carbocycles. The second-order valence-corrected chi connectivity index (χ2v) is 12.0. The SMILES string of the molecule is CC(=O)OC(C)C(C)C(=O)O[C@@H]1OC=C2[C@H]3OC(=O)[C@]4(C)[C@@H](C[C@]25[C@H]1C[C@@H](O)[C@@H]45)[C@@H]3OC(=O)CC(C)C. The molecule has 0 radical (unpaired) electrons. The van der Waals surface area contributed by atoms with E-state index in [-0.39, 0.29) is 30.6 Å². The van der Waals surface area contributed by atoms with Crippen molar-refractivity contribution in [3.05, 3.63) is 11.8 Å². The maximum atomic E-state index is 13.4. The van der Waals surface area contributed by atoms with Crippen LogP contribution in [0.15, 0.2) is 11.8 Å². The lowest BCUT2D eigenvalue weighted by atomic mass is 9.61. The summed E-state index contributed by atoms with van der Waals surface area (Å²) in [7, 11) is 0. The Labute approximate surface area is 216 Å². The van der Waals surface area contributed by atoms with Crippen molar-refractivity contribution in [3.8, 4) is 0 Å². The molecule has 0 amide bonds. The predicted octanol–water partition coefficient (Wildman–Crippen LogP) is 2.26. The number of rotatable bonds is 7. The van der Waals surface area contributed by atoms with Crippen LogP contribution in [0.1, 0.15) is 60.8 Å². The van der Waals surface area contributed by atoms with Crippen LogP contribution in [0.3, 0.4) is 0 Å².